The molecule has 0 unspecified atom stereocenters. The van der Waals surface area contributed by atoms with E-state index in [9.17, 15) is 10.1 Å². The minimum atomic E-state index is -0.437. The Balaban J connectivity index is 2.12. The minimum absolute atomic E-state index is 0.00635. The fraction of sp³-hybridized carbons (Fsp3) is 0. The summed E-state index contributed by atoms with van der Waals surface area (Å²) >= 11 is 0. The van der Waals surface area contributed by atoms with Gasteiger partial charge in [-0.05, 0) is 17.7 Å². The minimum Gasteiger partial charge on any atom is -0.258 e. The zero-order valence-corrected chi connectivity index (χ0v) is 10.1. The van der Waals surface area contributed by atoms with E-state index in [1.807, 2.05) is 36.4 Å². The van der Waals surface area contributed by atoms with Gasteiger partial charge >= 0.3 is 0 Å². The van der Waals surface area contributed by atoms with Crippen molar-refractivity contribution in [3.63, 3.8) is 0 Å². The summed E-state index contributed by atoms with van der Waals surface area (Å²) in [4.78, 5) is 14.4. The highest BCUT2D eigenvalue weighted by molar-refractivity contribution is 5.81. The molecule has 2 aromatic carbocycles. The summed E-state index contributed by atoms with van der Waals surface area (Å²) in [5, 5.41) is 10.8. The second-order valence-corrected chi connectivity index (χ2v) is 3.79. The van der Waals surface area contributed by atoms with Gasteiger partial charge in [-0.3, -0.25) is 10.1 Å². The number of para-hydroxylation sites is 2. The molecule has 19 heavy (non-hydrogen) atoms. The van der Waals surface area contributed by atoms with E-state index in [2.05, 4.69) is 4.99 Å². The van der Waals surface area contributed by atoms with Gasteiger partial charge < -0.3 is 0 Å². The van der Waals surface area contributed by atoms with Crippen LogP contribution in [0.25, 0.3) is 6.08 Å². The lowest BCUT2D eigenvalue weighted by molar-refractivity contribution is -0.384. The molecule has 0 aliphatic carbocycles. The maximum Gasteiger partial charge on any atom is 0.294 e. The van der Waals surface area contributed by atoms with E-state index in [1.165, 1.54) is 6.07 Å². The lowest BCUT2D eigenvalue weighted by Crippen LogP contribution is -1.87. The highest BCUT2D eigenvalue weighted by Gasteiger charge is 2.09. The second-order valence-electron chi connectivity index (χ2n) is 3.79. The zero-order valence-electron chi connectivity index (χ0n) is 10.1. The first kappa shape index (κ1) is 12.7. The Hall–Kier alpha value is -2.75. The van der Waals surface area contributed by atoms with Crippen molar-refractivity contribution in [1.29, 1.82) is 0 Å². The third kappa shape index (κ3) is 3.61. The standard InChI is InChI=1S/C15H12N2O2/c18-17(19)15-11-5-4-10-14(15)16-12-6-9-13-7-2-1-3-8-13/h1-12H. The molecule has 0 aliphatic rings. The number of hydrogen-bond donors (Lipinski definition) is 0. The molecule has 0 saturated carbocycles. The highest BCUT2D eigenvalue weighted by Crippen LogP contribution is 2.25. The van der Waals surface area contributed by atoms with E-state index in [1.54, 1.807) is 30.5 Å². The molecule has 94 valence electrons. The van der Waals surface area contributed by atoms with E-state index >= 15 is 0 Å². The van der Waals surface area contributed by atoms with Gasteiger partial charge in [-0.1, -0.05) is 48.5 Å². The van der Waals surface area contributed by atoms with Crippen LogP contribution in [-0.2, 0) is 0 Å². The molecule has 0 heterocycles. The molecule has 0 atom stereocenters. The van der Waals surface area contributed by atoms with Crippen molar-refractivity contribution in [2.75, 3.05) is 0 Å². The molecule has 0 aromatic heterocycles. The van der Waals surface area contributed by atoms with Gasteiger partial charge in [0.2, 0.25) is 0 Å². The van der Waals surface area contributed by atoms with Crippen LogP contribution in [0.1, 0.15) is 5.56 Å². The van der Waals surface area contributed by atoms with Crippen molar-refractivity contribution >= 4 is 23.7 Å². The van der Waals surface area contributed by atoms with E-state index < -0.39 is 4.92 Å². The van der Waals surface area contributed by atoms with Gasteiger partial charge in [0.05, 0.1) is 4.92 Å². The second kappa shape index (κ2) is 6.26. The van der Waals surface area contributed by atoms with Crippen molar-refractivity contribution < 1.29 is 4.92 Å². The van der Waals surface area contributed by atoms with Crippen molar-refractivity contribution in [3.8, 4) is 0 Å². The number of allylic oxidation sites excluding steroid dienone is 1. The normalized spacial score (nSPS) is 11.2. The number of nitrogens with zero attached hydrogens (tertiary/aromatic N) is 2. The van der Waals surface area contributed by atoms with Crippen LogP contribution in [-0.4, -0.2) is 11.1 Å². The van der Waals surface area contributed by atoms with Gasteiger partial charge in [0.1, 0.15) is 5.69 Å². The Morgan fingerprint density at radius 1 is 1.00 bits per heavy atom. The van der Waals surface area contributed by atoms with Crippen LogP contribution in [0, 0.1) is 10.1 Å². The predicted molar refractivity (Wildman–Crippen MR) is 76.7 cm³/mol. The summed E-state index contributed by atoms with van der Waals surface area (Å²) in [6, 6.07) is 16.2. The number of nitro groups is 1. The van der Waals surface area contributed by atoms with Gasteiger partial charge in [-0.15, -0.1) is 0 Å². The molecule has 2 aromatic rings. The monoisotopic (exact) mass is 252 g/mol. The molecule has 0 fully saturated rings. The van der Waals surface area contributed by atoms with Gasteiger partial charge in [0.25, 0.3) is 5.69 Å². The van der Waals surface area contributed by atoms with E-state index in [-0.39, 0.29) is 5.69 Å². The van der Waals surface area contributed by atoms with Crippen LogP contribution in [0.15, 0.2) is 65.7 Å². The molecule has 0 amide bonds. The summed E-state index contributed by atoms with van der Waals surface area (Å²) in [5.41, 5.74) is 1.41. The fourth-order valence-corrected chi connectivity index (χ4v) is 1.57. The predicted octanol–water partition coefficient (Wildman–Crippen LogP) is 4.01. The molecule has 0 N–H and O–H groups in total. The first-order valence-electron chi connectivity index (χ1n) is 5.76. The van der Waals surface area contributed by atoms with Gasteiger partial charge in [0.15, 0.2) is 0 Å². The molecule has 0 aliphatic heterocycles. The van der Waals surface area contributed by atoms with Crippen molar-refractivity contribution in [3.05, 3.63) is 76.4 Å². The van der Waals surface area contributed by atoms with Gasteiger partial charge in [0, 0.05) is 12.3 Å². The SMILES string of the molecule is O=[N+]([O-])c1ccccc1N=CC=Cc1ccccc1. The molecule has 0 spiro atoms. The summed E-state index contributed by atoms with van der Waals surface area (Å²) in [6.45, 7) is 0. The Bertz CT molecular complexity index is 619. The van der Waals surface area contributed by atoms with Crippen LogP contribution < -0.4 is 0 Å². The third-order valence-electron chi connectivity index (χ3n) is 2.47. The van der Waals surface area contributed by atoms with Crippen molar-refractivity contribution in [2.24, 2.45) is 4.99 Å². The van der Waals surface area contributed by atoms with Crippen LogP contribution in [0.2, 0.25) is 0 Å². The summed E-state index contributed by atoms with van der Waals surface area (Å²) in [5.74, 6) is 0. The topological polar surface area (TPSA) is 55.5 Å². The summed E-state index contributed by atoms with van der Waals surface area (Å²) < 4.78 is 0. The molecule has 0 bridgehead atoms. The highest BCUT2D eigenvalue weighted by atomic mass is 16.6. The molecule has 4 heteroatoms. The number of aliphatic imine (C=N–C) groups is 1. The largest absolute Gasteiger partial charge is 0.294 e. The van der Waals surface area contributed by atoms with Crippen LogP contribution >= 0.6 is 0 Å². The number of nitro benzene ring substituents is 1. The molecule has 2 rings (SSSR count). The number of benzene rings is 2. The van der Waals surface area contributed by atoms with E-state index in [4.69, 9.17) is 0 Å². The average molecular weight is 252 g/mol. The molecule has 0 saturated heterocycles. The zero-order chi connectivity index (χ0) is 13.5. The van der Waals surface area contributed by atoms with Crippen molar-refractivity contribution in [1.82, 2.24) is 0 Å². The molecular formula is C15H12N2O2. The Morgan fingerprint density at radius 2 is 1.68 bits per heavy atom. The third-order valence-corrected chi connectivity index (χ3v) is 2.47. The summed E-state index contributed by atoms with van der Waals surface area (Å²) in [7, 11) is 0. The molecule has 0 radical (unpaired) electrons. The first-order chi connectivity index (χ1) is 9.27. The quantitative estimate of drug-likeness (QED) is 0.469. The van der Waals surface area contributed by atoms with Gasteiger partial charge in [-0.25, -0.2) is 4.99 Å². The maximum atomic E-state index is 10.8. The lowest BCUT2D eigenvalue weighted by Gasteiger charge is -1.94. The van der Waals surface area contributed by atoms with Crippen molar-refractivity contribution in [2.45, 2.75) is 0 Å². The van der Waals surface area contributed by atoms with Gasteiger partial charge in [-0.2, -0.15) is 0 Å². The van der Waals surface area contributed by atoms with E-state index in [0.29, 0.717) is 5.69 Å². The Kier molecular flexibility index (Phi) is 4.18. The maximum absolute atomic E-state index is 10.8. The molecule has 4 nitrogen and oxygen atoms in total. The molecular weight excluding hydrogens is 240 g/mol. The fourth-order valence-electron chi connectivity index (χ4n) is 1.57. The van der Waals surface area contributed by atoms with Crippen LogP contribution in [0.4, 0.5) is 11.4 Å². The van der Waals surface area contributed by atoms with Crippen LogP contribution in [0.5, 0.6) is 0 Å². The number of hydrogen-bond acceptors (Lipinski definition) is 3. The number of rotatable bonds is 4. The van der Waals surface area contributed by atoms with E-state index in [0.717, 1.165) is 5.56 Å². The smallest absolute Gasteiger partial charge is 0.258 e. The average Bonchev–Trinajstić information content (AvgIpc) is 2.45. The lowest BCUT2D eigenvalue weighted by atomic mass is 10.2. The Labute approximate surface area is 110 Å². The first-order valence-corrected chi connectivity index (χ1v) is 5.76. The van der Waals surface area contributed by atoms with Crippen LogP contribution in [0.3, 0.4) is 0 Å². The summed E-state index contributed by atoms with van der Waals surface area (Å²) in [6.07, 6.45) is 5.19. The Morgan fingerprint density at radius 3 is 2.42 bits per heavy atom.